The summed E-state index contributed by atoms with van der Waals surface area (Å²) in [7, 11) is 4.84. The number of ether oxygens (including phenoxy) is 2. The lowest BCUT2D eigenvalue weighted by Gasteiger charge is -2.02. The van der Waals surface area contributed by atoms with E-state index in [1.807, 2.05) is 31.2 Å². The molecule has 0 bridgehead atoms. The van der Waals surface area contributed by atoms with E-state index in [1.165, 1.54) is 23.1 Å². The number of hydrogen-bond donors (Lipinski definition) is 1. The van der Waals surface area contributed by atoms with Crippen molar-refractivity contribution < 1.29 is 14.3 Å². The van der Waals surface area contributed by atoms with E-state index < -0.39 is 0 Å². The molecule has 2 heterocycles. The van der Waals surface area contributed by atoms with Crippen molar-refractivity contribution in [3.8, 4) is 22.9 Å². The smallest absolute Gasteiger partial charge is 0.264 e. The van der Waals surface area contributed by atoms with E-state index in [0.717, 1.165) is 21.9 Å². The number of aryl methyl sites for hydroxylation is 2. The zero-order valence-electron chi connectivity index (χ0n) is 14.4. The minimum atomic E-state index is -0.306. The van der Waals surface area contributed by atoms with Crippen LogP contribution >= 0.6 is 11.3 Å². The highest BCUT2D eigenvalue weighted by atomic mass is 32.1. The van der Waals surface area contributed by atoms with Gasteiger partial charge in [-0.2, -0.15) is 0 Å². The Morgan fingerprint density at radius 3 is 2.56 bits per heavy atom. The minimum Gasteiger partial charge on any atom is -0.497 e. The number of rotatable bonds is 5. The van der Waals surface area contributed by atoms with E-state index >= 15 is 0 Å². The zero-order valence-corrected chi connectivity index (χ0v) is 15.2. The molecular weight excluding hydrogens is 340 g/mol. The summed E-state index contributed by atoms with van der Waals surface area (Å²) in [6.45, 7) is 1.97. The van der Waals surface area contributed by atoms with Crippen LogP contribution in [0.1, 0.15) is 15.2 Å². The lowest BCUT2D eigenvalue weighted by atomic mass is 10.1. The quantitative estimate of drug-likeness (QED) is 0.758. The minimum absolute atomic E-state index is 0.281. The van der Waals surface area contributed by atoms with Gasteiger partial charge in [-0.15, -0.1) is 16.4 Å². The van der Waals surface area contributed by atoms with Crippen molar-refractivity contribution in [3.63, 3.8) is 0 Å². The number of hydrogen-bond acceptors (Lipinski definition) is 6. The number of aromatic nitrogens is 3. The highest BCUT2D eigenvalue weighted by Gasteiger charge is 2.19. The van der Waals surface area contributed by atoms with Gasteiger partial charge in [-0.3, -0.25) is 14.8 Å². The third-order valence-corrected chi connectivity index (χ3v) is 4.50. The maximum atomic E-state index is 12.5. The first-order valence-electron chi connectivity index (χ1n) is 7.52. The molecule has 2 aromatic heterocycles. The molecule has 3 rings (SSSR count). The fraction of sp³-hybridized carbons (Fsp3) is 0.235. The number of benzene rings is 1. The van der Waals surface area contributed by atoms with Crippen LogP contribution in [0, 0.1) is 6.92 Å². The Labute approximate surface area is 149 Å². The Morgan fingerprint density at radius 2 is 1.92 bits per heavy atom. The van der Waals surface area contributed by atoms with E-state index in [1.54, 1.807) is 20.4 Å². The average Bonchev–Trinajstić information content (AvgIpc) is 3.17. The molecule has 7 nitrogen and oxygen atoms in total. The standard InChI is InChI=1S/C17H18N4O3S/c1-10-14(11-5-7-12(23-3)8-6-11)18-17(25-10)19-15(22)13-9-21(2)20-16(13)24-4/h5-9H,1-4H3,(H,18,19,22). The first kappa shape index (κ1) is 17.0. The van der Waals surface area contributed by atoms with Gasteiger partial charge in [0.05, 0.1) is 19.9 Å². The van der Waals surface area contributed by atoms with Gasteiger partial charge in [0, 0.05) is 23.7 Å². The Kier molecular flexibility index (Phi) is 4.71. The molecule has 0 aliphatic rings. The monoisotopic (exact) mass is 358 g/mol. The van der Waals surface area contributed by atoms with Gasteiger partial charge in [-0.1, -0.05) is 0 Å². The number of amides is 1. The lowest BCUT2D eigenvalue weighted by molar-refractivity contribution is 0.102. The van der Waals surface area contributed by atoms with Gasteiger partial charge in [0.1, 0.15) is 11.3 Å². The largest absolute Gasteiger partial charge is 0.497 e. The summed E-state index contributed by atoms with van der Waals surface area (Å²) in [5.74, 6) is 0.762. The number of anilines is 1. The molecule has 0 spiro atoms. The molecule has 0 aliphatic heterocycles. The molecule has 3 aromatic rings. The summed E-state index contributed by atoms with van der Waals surface area (Å²) in [4.78, 5) is 18.0. The molecule has 25 heavy (non-hydrogen) atoms. The van der Waals surface area contributed by atoms with Gasteiger partial charge in [0.2, 0.25) is 5.88 Å². The summed E-state index contributed by atoms with van der Waals surface area (Å²) in [5.41, 5.74) is 2.17. The second-order valence-corrected chi connectivity index (χ2v) is 6.54. The SMILES string of the molecule is COc1ccc(-c2nc(NC(=O)c3cn(C)nc3OC)sc2C)cc1. The molecule has 0 saturated heterocycles. The van der Waals surface area contributed by atoms with Crippen molar-refractivity contribution in [1.29, 1.82) is 0 Å². The normalized spacial score (nSPS) is 10.6. The number of carbonyl (C=O) groups is 1. The summed E-state index contributed by atoms with van der Waals surface area (Å²) in [6, 6.07) is 7.65. The van der Waals surface area contributed by atoms with Crippen LogP contribution in [-0.4, -0.2) is 34.9 Å². The van der Waals surface area contributed by atoms with E-state index in [0.29, 0.717) is 10.7 Å². The van der Waals surface area contributed by atoms with Crippen LogP contribution in [-0.2, 0) is 7.05 Å². The first-order chi connectivity index (χ1) is 12.0. The third-order valence-electron chi connectivity index (χ3n) is 3.61. The van der Waals surface area contributed by atoms with E-state index in [9.17, 15) is 4.79 Å². The van der Waals surface area contributed by atoms with E-state index in [2.05, 4.69) is 15.4 Å². The predicted octanol–water partition coefficient (Wildman–Crippen LogP) is 3.12. The van der Waals surface area contributed by atoms with Gasteiger partial charge in [0.15, 0.2) is 5.13 Å². The number of carbonyl (C=O) groups excluding carboxylic acids is 1. The van der Waals surface area contributed by atoms with E-state index in [-0.39, 0.29) is 11.8 Å². The fourth-order valence-electron chi connectivity index (χ4n) is 2.41. The zero-order chi connectivity index (χ0) is 18.0. The number of nitrogens with zero attached hydrogens (tertiary/aromatic N) is 3. The molecule has 0 saturated carbocycles. The van der Waals surface area contributed by atoms with Gasteiger partial charge in [0.25, 0.3) is 5.91 Å². The summed E-state index contributed by atoms with van der Waals surface area (Å²) in [5, 5.41) is 7.42. The van der Waals surface area contributed by atoms with Crippen LogP contribution in [0.3, 0.4) is 0 Å². The van der Waals surface area contributed by atoms with Crippen LogP contribution < -0.4 is 14.8 Å². The second-order valence-electron chi connectivity index (χ2n) is 5.33. The van der Waals surface area contributed by atoms with Crippen molar-refractivity contribution in [1.82, 2.24) is 14.8 Å². The maximum Gasteiger partial charge on any atom is 0.264 e. The fourth-order valence-corrected chi connectivity index (χ4v) is 3.24. The summed E-state index contributed by atoms with van der Waals surface area (Å²) >= 11 is 1.42. The highest BCUT2D eigenvalue weighted by molar-refractivity contribution is 7.16. The number of thiazole rings is 1. The van der Waals surface area contributed by atoms with Crippen LogP contribution in [0.15, 0.2) is 30.5 Å². The molecule has 8 heteroatoms. The van der Waals surface area contributed by atoms with Crippen molar-refractivity contribution in [2.45, 2.75) is 6.92 Å². The molecule has 0 radical (unpaired) electrons. The Balaban J connectivity index is 1.83. The Morgan fingerprint density at radius 1 is 1.20 bits per heavy atom. The molecule has 0 unspecified atom stereocenters. The predicted molar refractivity (Wildman–Crippen MR) is 96.6 cm³/mol. The van der Waals surface area contributed by atoms with Gasteiger partial charge < -0.3 is 9.47 Å². The van der Waals surface area contributed by atoms with Crippen molar-refractivity contribution >= 4 is 22.4 Å². The number of nitrogens with one attached hydrogen (secondary N) is 1. The second kappa shape index (κ2) is 6.94. The van der Waals surface area contributed by atoms with Gasteiger partial charge in [-0.05, 0) is 31.2 Å². The van der Waals surface area contributed by atoms with Crippen molar-refractivity contribution in [2.75, 3.05) is 19.5 Å². The Bertz CT molecular complexity index is 899. The van der Waals surface area contributed by atoms with Crippen LogP contribution in [0.2, 0.25) is 0 Å². The number of methoxy groups -OCH3 is 2. The topological polar surface area (TPSA) is 78.3 Å². The molecular formula is C17H18N4O3S. The third kappa shape index (κ3) is 3.48. The average molecular weight is 358 g/mol. The summed E-state index contributed by atoms with van der Waals surface area (Å²) < 4.78 is 11.8. The molecule has 130 valence electrons. The lowest BCUT2D eigenvalue weighted by Crippen LogP contribution is -2.12. The van der Waals surface area contributed by atoms with Crippen LogP contribution in [0.5, 0.6) is 11.6 Å². The molecule has 0 atom stereocenters. The van der Waals surface area contributed by atoms with Gasteiger partial charge in [-0.25, -0.2) is 4.98 Å². The van der Waals surface area contributed by atoms with Gasteiger partial charge >= 0.3 is 0 Å². The molecule has 1 N–H and O–H groups in total. The first-order valence-corrected chi connectivity index (χ1v) is 8.34. The van der Waals surface area contributed by atoms with Crippen molar-refractivity contribution in [3.05, 3.63) is 40.9 Å². The maximum absolute atomic E-state index is 12.5. The van der Waals surface area contributed by atoms with E-state index in [4.69, 9.17) is 9.47 Å². The molecule has 1 amide bonds. The van der Waals surface area contributed by atoms with Crippen molar-refractivity contribution in [2.24, 2.45) is 7.05 Å². The highest BCUT2D eigenvalue weighted by Crippen LogP contribution is 2.31. The molecule has 0 aliphatic carbocycles. The van der Waals surface area contributed by atoms with Crippen LogP contribution in [0.4, 0.5) is 5.13 Å². The summed E-state index contributed by atoms with van der Waals surface area (Å²) in [6.07, 6.45) is 1.61. The molecule has 0 fully saturated rings. The molecule has 1 aromatic carbocycles. The Hall–Kier alpha value is -2.87. The van der Waals surface area contributed by atoms with Crippen LogP contribution in [0.25, 0.3) is 11.3 Å².